The fourth-order valence-corrected chi connectivity index (χ4v) is 2.75. The summed E-state index contributed by atoms with van der Waals surface area (Å²) in [5, 5.41) is 4.90. The van der Waals surface area contributed by atoms with Gasteiger partial charge in [0.15, 0.2) is 6.10 Å². The number of benzene rings is 3. The number of esters is 1. The summed E-state index contributed by atoms with van der Waals surface area (Å²) in [6, 6.07) is 20.7. The molecule has 0 saturated heterocycles. The van der Waals surface area contributed by atoms with Crippen LogP contribution in [0.2, 0.25) is 0 Å². The van der Waals surface area contributed by atoms with Crippen LogP contribution in [0.5, 0.6) is 5.75 Å². The Morgan fingerprint density at radius 2 is 1.74 bits per heavy atom. The molecule has 3 aromatic carbocycles. The third kappa shape index (κ3) is 4.85. The molecule has 0 aliphatic rings. The van der Waals surface area contributed by atoms with Crippen LogP contribution in [0.3, 0.4) is 0 Å². The SMILES string of the molecule is COc1cccc(CC(=O)O[C@H](C)C(=O)Nc2ccc3ccccc3c2)c1. The number of carbonyl (C=O) groups excluding carboxylic acids is 2. The first-order valence-corrected chi connectivity index (χ1v) is 8.67. The Morgan fingerprint density at radius 1 is 0.963 bits per heavy atom. The third-order valence-electron chi connectivity index (χ3n) is 4.18. The maximum atomic E-state index is 12.3. The molecule has 0 saturated carbocycles. The van der Waals surface area contributed by atoms with Gasteiger partial charge in [0.25, 0.3) is 5.91 Å². The van der Waals surface area contributed by atoms with Crippen molar-refractivity contribution in [2.45, 2.75) is 19.4 Å². The van der Waals surface area contributed by atoms with Gasteiger partial charge in [-0.15, -0.1) is 0 Å². The van der Waals surface area contributed by atoms with Crippen molar-refractivity contribution in [3.8, 4) is 5.75 Å². The highest BCUT2D eigenvalue weighted by molar-refractivity contribution is 5.97. The van der Waals surface area contributed by atoms with Crippen molar-refractivity contribution in [3.63, 3.8) is 0 Å². The lowest BCUT2D eigenvalue weighted by atomic mass is 10.1. The largest absolute Gasteiger partial charge is 0.497 e. The second-order valence-electron chi connectivity index (χ2n) is 6.21. The van der Waals surface area contributed by atoms with Gasteiger partial charge >= 0.3 is 5.97 Å². The van der Waals surface area contributed by atoms with Gasteiger partial charge in [-0.2, -0.15) is 0 Å². The Kier molecular flexibility index (Phi) is 5.71. The number of anilines is 1. The minimum atomic E-state index is -0.894. The fourth-order valence-electron chi connectivity index (χ4n) is 2.75. The van der Waals surface area contributed by atoms with Crippen LogP contribution in [0.1, 0.15) is 12.5 Å². The Morgan fingerprint density at radius 3 is 2.52 bits per heavy atom. The highest BCUT2D eigenvalue weighted by Gasteiger charge is 2.18. The number of nitrogens with one attached hydrogen (secondary N) is 1. The van der Waals surface area contributed by atoms with Gasteiger partial charge in [0.1, 0.15) is 5.75 Å². The molecule has 0 unspecified atom stereocenters. The first-order chi connectivity index (χ1) is 13.0. The average Bonchev–Trinajstić information content (AvgIpc) is 2.67. The third-order valence-corrected chi connectivity index (χ3v) is 4.18. The number of hydrogen-bond donors (Lipinski definition) is 1. The van der Waals surface area contributed by atoms with Crippen LogP contribution in [-0.4, -0.2) is 25.1 Å². The standard InChI is InChI=1S/C22H21NO4/c1-15(27-21(24)13-16-6-5-9-20(12-16)26-2)22(25)23-19-11-10-17-7-3-4-8-18(17)14-19/h3-12,14-15H,13H2,1-2H3,(H,23,25)/t15-/m1/s1. The van der Waals surface area contributed by atoms with Crippen LogP contribution in [-0.2, 0) is 20.7 Å². The maximum absolute atomic E-state index is 12.3. The first kappa shape index (κ1) is 18.5. The lowest BCUT2D eigenvalue weighted by Gasteiger charge is -2.14. The molecule has 0 aromatic heterocycles. The Hall–Kier alpha value is -3.34. The van der Waals surface area contributed by atoms with E-state index in [0.717, 1.165) is 16.3 Å². The normalized spacial score (nSPS) is 11.6. The summed E-state index contributed by atoms with van der Waals surface area (Å²) in [4.78, 5) is 24.4. The molecule has 0 fully saturated rings. The molecule has 0 aliphatic heterocycles. The van der Waals surface area contributed by atoms with Crippen molar-refractivity contribution in [1.29, 1.82) is 0 Å². The maximum Gasteiger partial charge on any atom is 0.311 e. The summed E-state index contributed by atoms with van der Waals surface area (Å²) < 4.78 is 10.4. The van der Waals surface area contributed by atoms with Gasteiger partial charge in [-0.05, 0) is 47.5 Å². The highest BCUT2D eigenvalue weighted by Crippen LogP contribution is 2.19. The van der Waals surface area contributed by atoms with Gasteiger partial charge in [-0.25, -0.2) is 0 Å². The van der Waals surface area contributed by atoms with Crippen LogP contribution >= 0.6 is 0 Å². The quantitative estimate of drug-likeness (QED) is 0.673. The summed E-state index contributed by atoms with van der Waals surface area (Å²) in [5.41, 5.74) is 1.43. The molecule has 0 bridgehead atoms. The van der Waals surface area contributed by atoms with E-state index in [2.05, 4.69) is 5.32 Å². The van der Waals surface area contributed by atoms with Gasteiger partial charge in [-0.1, -0.05) is 42.5 Å². The van der Waals surface area contributed by atoms with E-state index >= 15 is 0 Å². The van der Waals surface area contributed by atoms with E-state index < -0.39 is 12.1 Å². The van der Waals surface area contributed by atoms with Crippen molar-refractivity contribution in [1.82, 2.24) is 0 Å². The molecule has 0 aliphatic carbocycles. The Balaban J connectivity index is 1.58. The van der Waals surface area contributed by atoms with E-state index in [4.69, 9.17) is 9.47 Å². The summed E-state index contributed by atoms with van der Waals surface area (Å²) in [7, 11) is 1.57. The van der Waals surface area contributed by atoms with Crippen LogP contribution in [0, 0.1) is 0 Å². The summed E-state index contributed by atoms with van der Waals surface area (Å²) in [5.74, 6) is -0.170. The zero-order chi connectivity index (χ0) is 19.2. The Bertz CT molecular complexity index is 967. The Labute approximate surface area is 157 Å². The molecule has 138 valence electrons. The zero-order valence-electron chi connectivity index (χ0n) is 15.3. The molecule has 3 aromatic rings. The van der Waals surface area contributed by atoms with Crippen molar-refractivity contribution >= 4 is 28.3 Å². The summed E-state index contributed by atoms with van der Waals surface area (Å²) in [6.07, 6.45) is -0.820. The summed E-state index contributed by atoms with van der Waals surface area (Å²) >= 11 is 0. The van der Waals surface area contributed by atoms with E-state index in [0.29, 0.717) is 11.4 Å². The fraction of sp³-hybridized carbons (Fsp3) is 0.182. The molecule has 3 rings (SSSR count). The number of fused-ring (bicyclic) bond motifs is 1. The molecule has 0 heterocycles. The molecule has 1 N–H and O–H groups in total. The smallest absolute Gasteiger partial charge is 0.311 e. The van der Waals surface area contributed by atoms with Crippen molar-refractivity contribution in [2.75, 3.05) is 12.4 Å². The minimum Gasteiger partial charge on any atom is -0.497 e. The van der Waals surface area contributed by atoms with E-state index in [1.807, 2.05) is 48.5 Å². The van der Waals surface area contributed by atoms with Crippen LogP contribution in [0.4, 0.5) is 5.69 Å². The molecular weight excluding hydrogens is 342 g/mol. The average molecular weight is 363 g/mol. The van der Waals surface area contributed by atoms with Gasteiger partial charge in [0.2, 0.25) is 0 Å². The number of rotatable bonds is 6. The van der Waals surface area contributed by atoms with Crippen LogP contribution in [0.15, 0.2) is 66.7 Å². The van der Waals surface area contributed by atoms with Crippen LogP contribution in [0.25, 0.3) is 10.8 Å². The lowest BCUT2D eigenvalue weighted by Crippen LogP contribution is -2.30. The van der Waals surface area contributed by atoms with Crippen molar-refractivity contribution < 1.29 is 19.1 Å². The van der Waals surface area contributed by atoms with E-state index in [1.54, 1.807) is 32.2 Å². The molecule has 5 nitrogen and oxygen atoms in total. The minimum absolute atomic E-state index is 0.0742. The number of carbonyl (C=O) groups is 2. The van der Waals surface area contributed by atoms with Gasteiger partial charge in [0, 0.05) is 5.69 Å². The molecular formula is C22H21NO4. The number of methoxy groups -OCH3 is 1. The lowest BCUT2D eigenvalue weighted by molar-refractivity contribution is -0.152. The van der Waals surface area contributed by atoms with Crippen LogP contribution < -0.4 is 10.1 Å². The van der Waals surface area contributed by atoms with Crippen molar-refractivity contribution in [3.05, 3.63) is 72.3 Å². The van der Waals surface area contributed by atoms with Gasteiger partial charge in [-0.3, -0.25) is 9.59 Å². The monoisotopic (exact) mass is 363 g/mol. The molecule has 1 atom stereocenters. The predicted octanol–water partition coefficient (Wildman–Crippen LogP) is 3.96. The topological polar surface area (TPSA) is 64.6 Å². The zero-order valence-corrected chi connectivity index (χ0v) is 15.3. The molecule has 27 heavy (non-hydrogen) atoms. The van der Waals surface area contributed by atoms with E-state index in [-0.39, 0.29) is 12.3 Å². The number of hydrogen-bond acceptors (Lipinski definition) is 4. The second-order valence-corrected chi connectivity index (χ2v) is 6.21. The molecule has 5 heteroatoms. The molecule has 1 amide bonds. The second kappa shape index (κ2) is 8.36. The molecule has 0 radical (unpaired) electrons. The summed E-state index contributed by atoms with van der Waals surface area (Å²) in [6.45, 7) is 1.56. The predicted molar refractivity (Wildman–Crippen MR) is 105 cm³/mol. The highest BCUT2D eigenvalue weighted by atomic mass is 16.5. The van der Waals surface area contributed by atoms with Crippen molar-refractivity contribution in [2.24, 2.45) is 0 Å². The van der Waals surface area contributed by atoms with Gasteiger partial charge < -0.3 is 14.8 Å². The number of amides is 1. The van der Waals surface area contributed by atoms with E-state index in [1.165, 1.54) is 0 Å². The van der Waals surface area contributed by atoms with Gasteiger partial charge in [0.05, 0.1) is 13.5 Å². The first-order valence-electron chi connectivity index (χ1n) is 8.67. The number of ether oxygens (including phenoxy) is 2. The molecule has 0 spiro atoms. The van der Waals surface area contributed by atoms with E-state index in [9.17, 15) is 9.59 Å².